The third kappa shape index (κ3) is 3.79. The highest BCUT2D eigenvalue weighted by molar-refractivity contribution is 7.89. The Balaban J connectivity index is 2.85. The summed E-state index contributed by atoms with van der Waals surface area (Å²) >= 11 is 0. The zero-order valence-corrected chi connectivity index (χ0v) is 12.5. The number of ketones is 1. The van der Waals surface area contributed by atoms with E-state index in [-0.39, 0.29) is 17.5 Å². The van der Waals surface area contributed by atoms with Gasteiger partial charge in [0.1, 0.15) is 0 Å². The molecule has 5 heteroatoms. The van der Waals surface area contributed by atoms with Crippen molar-refractivity contribution in [1.82, 2.24) is 4.31 Å². The first kappa shape index (κ1) is 15.6. The number of rotatable bonds is 6. The van der Waals surface area contributed by atoms with Gasteiger partial charge in [-0.15, -0.1) is 0 Å². The average molecular weight is 275 g/mol. The summed E-state index contributed by atoms with van der Waals surface area (Å²) in [6, 6.07) is -0.405. The van der Waals surface area contributed by atoms with Crippen LogP contribution in [0, 0.1) is 5.92 Å². The summed E-state index contributed by atoms with van der Waals surface area (Å²) in [5.41, 5.74) is 0. The van der Waals surface area contributed by atoms with Crippen molar-refractivity contribution in [3.8, 4) is 0 Å². The Morgan fingerprint density at radius 1 is 1.33 bits per heavy atom. The lowest BCUT2D eigenvalue weighted by molar-refractivity contribution is -0.123. The lowest BCUT2D eigenvalue weighted by Gasteiger charge is -2.34. The van der Waals surface area contributed by atoms with E-state index in [0.717, 1.165) is 19.3 Å². The van der Waals surface area contributed by atoms with Crippen LogP contribution < -0.4 is 0 Å². The molecule has 18 heavy (non-hydrogen) atoms. The highest BCUT2D eigenvalue weighted by Crippen LogP contribution is 2.23. The van der Waals surface area contributed by atoms with Crippen LogP contribution in [0.1, 0.15) is 52.9 Å². The highest BCUT2D eigenvalue weighted by Gasteiger charge is 2.35. The van der Waals surface area contributed by atoms with Gasteiger partial charge in [0.15, 0.2) is 5.78 Å². The molecule has 1 heterocycles. The molecule has 2 unspecified atom stereocenters. The Hall–Kier alpha value is -0.420. The molecular weight excluding hydrogens is 250 g/mol. The molecule has 0 aromatic heterocycles. The molecular formula is C13H25NO3S. The van der Waals surface area contributed by atoms with Crippen LogP contribution in [0.5, 0.6) is 0 Å². The van der Waals surface area contributed by atoms with Gasteiger partial charge in [-0.05, 0) is 18.8 Å². The van der Waals surface area contributed by atoms with Crippen LogP contribution in [0.15, 0.2) is 0 Å². The maximum Gasteiger partial charge on any atom is 0.215 e. The minimum absolute atomic E-state index is 0.0578. The summed E-state index contributed by atoms with van der Waals surface area (Å²) in [7, 11) is -3.29. The lowest BCUT2D eigenvalue weighted by Crippen LogP contribution is -2.49. The van der Waals surface area contributed by atoms with Gasteiger partial charge in [-0.3, -0.25) is 4.79 Å². The van der Waals surface area contributed by atoms with Crippen LogP contribution >= 0.6 is 0 Å². The fraction of sp³-hybridized carbons (Fsp3) is 0.923. The molecule has 0 bridgehead atoms. The van der Waals surface area contributed by atoms with E-state index in [1.54, 1.807) is 6.92 Å². The number of piperidine rings is 1. The van der Waals surface area contributed by atoms with Gasteiger partial charge >= 0.3 is 0 Å². The van der Waals surface area contributed by atoms with Gasteiger partial charge in [0.25, 0.3) is 0 Å². The summed E-state index contributed by atoms with van der Waals surface area (Å²) in [6.07, 6.45) is 3.77. The lowest BCUT2D eigenvalue weighted by atomic mass is 10.00. The van der Waals surface area contributed by atoms with Gasteiger partial charge in [0.2, 0.25) is 10.0 Å². The second kappa shape index (κ2) is 6.66. The normalized spacial score (nSPS) is 23.8. The fourth-order valence-electron chi connectivity index (χ4n) is 2.37. The Morgan fingerprint density at radius 2 is 2.00 bits per heavy atom. The summed E-state index contributed by atoms with van der Waals surface area (Å²) < 4.78 is 26.2. The van der Waals surface area contributed by atoms with Crippen molar-refractivity contribution in [1.29, 1.82) is 0 Å². The number of carbonyl (C=O) groups excluding carboxylic acids is 1. The van der Waals surface area contributed by atoms with E-state index in [9.17, 15) is 13.2 Å². The molecule has 0 aromatic carbocycles. The molecule has 0 radical (unpaired) electrons. The van der Waals surface area contributed by atoms with Crippen molar-refractivity contribution < 1.29 is 13.2 Å². The van der Waals surface area contributed by atoms with E-state index in [2.05, 4.69) is 0 Å². The maximum atomic E-state index is 12.4. The van der Waals surface area contributed by atoms with Crippen LogP contribution in [0.2, 0.25) is 0 Å². The Bertz CT molecular complexity index is 378. The van der Waals surface area contributed by atoms with Crippen LogP contribution in [0.4, 0.5) is 0 Å². The Kier molecular flexibility index (Phi) is 5.79. The minimum Gasteiger partial charge on any atom is -0.298 e. The third-order valence-electron chi connectivity index (χ3n) is 3.72. The largest absolute Gasteiger partial charge is 0.298 e. The number of nitrogens with zero attached hydrogens (tertiary/aromatic N) is 1. The van der Waals surface area contributed by atoms with Crippen molar-refractivity contribution in [2.75, 3.05) is 12.3 Å². The van der Waals surface area contributed by atoms with Crippen molar-refractivity contribution in [3.05, 3.63) is 0 Å². The molecule has 0 spiro atoms. The second-order valence-corrected chi connectivity index (χ2v) is 7.20. The first-order chi connectivity index (χ1) is 8.42. The molecule has 1 saturated heterocycles. The first-order valence-electron chi connectivity index (χ1n) is 6.94. The smallest absolute Gasteiger partial charge is 0.215 e. The number of hydrogen-bond donors (Lipinski definition) is 0. The summed E-state index contributed by atoms with van der Waals surface area (Å²) in [5.74, 6) is 0.369. The van der Waals surface area contributed by atoms with Crippen molar-refractivity contribution in [3.63, 3.8) is 0 Å². The van der Waals surface area contributed by atoms with E-state index in [1.165, 1.54) is 4.31 Å². The van der Waals surface area contributed by atoms with Crippen molar-refractivity contribution in [2.24, 2.45) is 5.92 Å². The Labute approximate surface area is 111 Å². The summed E-state index contributed by atoms with van der Waals surface area (Å²) in [5, 5.41) is 0. The topological polar surface area (TPSA) is 54.5 Å². The molecule has 106 valence electrons. The number of hydrogen-bond acceptors (Lipinski definition) is 3. The molecule has 1 aliphatic heterocycles. The Morgan fingerprint density at radius 3 is 2.56 bits per heavy atom. The van der Waals surface area contributed by atoms with Gasteiger partial charge in [0, 0.05) is 13.0 Å². The predicted octanol–water partition coefficient (Wildman–Crippen LogP) is 2.20. The monoisotopic (exact) mass is 275 g/mol. The average Bonchev–Trinajstić information content (AvgIpc) is 2.37. The molecule has 1 fully saturated rings. The highest BCUT2D eigenvalue weighted by atomic mass is 32.2. The molecule has 1 rings (SSSR count). The van der Waals surface area contributed by atoms with Crippen molar-refractivity contribution in [2.45, 2.75) is 58.9 Å². The molecule has 0 N–H and O–H groups in total. The van der Waals surface area contributed by atoms with Gasteiger partial charge in [0.05, 0.1) is 11.8 Å². The van der Waals surface area contributed by atoms with Crippen LogP contribution in [-0.2, 0) is 14.8 Å². The van der Waals surface area contributed by atoms with Crippen molar-refractivity contribution >= 4 is 15.8 Å². The molecule has 0 aliphatic carbocycles. The third-order valence-corrected chi connectivity index (χ3v) is 5.87. The molecule has 0 aromatic rings. The molecule has 1 aliphatic rings. The molecule has 0 saturated carbocycles. The zero-order valence-electron chi connectivity index (χ0n) is 11.7. The van der Waals surface area contributed by atoms with Crippen LogP contribution in [0.25, 0.3) is 0 Å². The standard InChI is InChI=1S/C13H25NO3S/c1-4-11(3)10-18(16,17)14-9-7-6-8-12(14)13(15)5-2/h11-12H,4-10H2,1-3H3. The van der Waals surface area contributed by atoms with Gasteiger partial charge in [-0.25, -0.2) is 8.42 Å². The fourth-order valence-corrected chi connectivity index (χ4v) is 4.53. The number of sulfonamides is 1. The molecule has 2 atom stereocenters. The van der Waals surface area contributed by atoms with E-state index in [0.29, 0.717) is 19.4 Å². The van der Waals surface area contributed by atoms with E-state index in [4.69, 9.17) is 0 Å². The zero-order chi connectivity index (χ0) is 13.8. The van der Waals surface area contributed by atoms with Gasteiger partial charge in [-0.2, -0.15) is 4.31 Å². The van der Waals surface area contributed by atoms with E-state index in [1.807, 2.05) is 13.8 Å². The van der Waals surface area contributed by atoms with Gasteiger partial charge < -0.3 is 0 Å². The quantitative estimate of drug-likeness (QED) is 0.746. The van der Waals surface area contributed by atoms with Crippen LogP contribution in [-0.4, -0.2) is 36.8 Å². The van der Waals surface area contributed by atoms with Gasteiger partial charge in [-0.1, -0.05) is 33.6 Å². The summed E-state index contributed by atoms with van der Waals surface area (Å²) in [4.78, 5) is 11.9. The molecule has 4 nitrogen and oxygen atoms in total. The SMILES string of the molecule is CCC(=O)C1CCCCN1S(=O)(=O)CC(C)CC. The first-order valence-corrected chi connectivity index (χ1v) is 8.55. The predicted molar refractivity (Wildman–Crippen MR) is 72.9 cm³/mol. The van der Waals surface area contributed by atoms with E-state index >= 15 is 0 Å². The van der Waals surface area contributed by atoms with E-state index < -0.39 is 16.1 Å². The number of carbonyl (C=O) groups is 1. The van der Waals surface area contributed by atoms with Crippen LogP contribution in [0.3, 0.4) is 0 Å². The number of Topliss-reactive ketones (excluding diaryl/α,β-unsaturated/α-hetero) is 1. The second-order valence-electron chi connectivity index (χ2n) is 5.23. The molecule has 0 amide bonds. The summed E-state index contributed by atoms with van der Waals surface area (Å²) in [6.45, 7) is 6.24. The minimum atomic E-state index is -3.29. The maximum absolute atomic E-state index is 12.4.